The van der Waals surface area contributed by atoms with Crippen LogP contribution in [0.1, 0.15) is 22.6 Å². The predicted octanol–water partition coefficient (Wildman–Crippen LogP) is 2.39. The number of carbonyl (C=O) groups is 1. The SMILES string of the molecule is O=C(O)c1cccc(S(=O)(=O)Nc2cccc(-c3nnc4n3CCC4)c2)c1. The van der Waals surface area contributed by atoms with Gasteiger partial charge in [0.15, 0.2) is 5.82 Å². The summed E-state index contributed by atoms with van der Waals surface area (Å²) in [4.78, 5) is 11.0. The maximum Gasteiger partial charge on any atom is 0.335 e. The van der Waals surface area contributed by atoms with Crippen LogP contribution in [0, 0.1) is 0 Å². The van der Waals surface area contributed by atoms with Crippen molar-refractivity contribution in [3.63, 3.8) is 0 Å². The van der Waals surface area contributed by atoms with Crippen molar-refractivity contribution in [2.75, 3.05) is 4.72 Å². The first-order valence-corrected chi connectivity index (χ1v) is 9.81. The van der Waals surface area contributed by atoms with Crippen LogP contribution in [-0.4, -0.2) is 34.3 Å². The molecule has 0 bridgehead atoms. The topological polar surface area (TPSA) is 114 Å². The van der Waals surface area contributed by atoms with Gasteiger partial charge >= 0.3 is 5.97 Å². The molecule has 1 aliphatic rings. The molecule has 1 aliphatic heterocycles. The summed E-state index contributed by atoms with van der Waals surface area (Å²) >= 11 is 0. The first-order valence-electron chi connectivity index (χ1n) is 8.33. The number of sulfonamides is 1. The van der Waals surface area contributed by atoms with E-state index < -0.39 is 16.0 Å². The van der Waals surface area contributed by atoms with Gasteiger partial charge in [-0.2, -0.15) is 0 Å². The lowest BCUT2D eigenvalue weighted by Crippen LogP contribution is -2.13. The number of carboxylic acid groups (broad SMARTS) is 1. The number of hydrogen-bond donors (Lipinski definition) is 2. The zero-order valence-electron chi connectivity index (χ0n) is 14.2. The van der Waals surface area contributed by atoms with E-state index in [9.17, 15) is 13.2 Å². The average molecular weight is 384 g/mol. The standard InChI is InChI=1S/C18H16N4O4S/c23-18(24)13-5-2-7-15(11-13)27(25,26)21-14-6-1-4-12(10-14)17-20-19-16-8-3-9-22(16)17/h1-2,4-7,10-11,21H,3,8-9H2,(H,23,24). The highest BCUT2D eigenvalue weighted by atomic mass is 32.2. The molecule has 0 aliphatic carbocycles. The Kier molecular flexibility index (Phi) is 4.15. The molecule has 0 spiro atoms. The quantitative estimate of drug-likeness (QED) is 0.698. The summed E-state index contributed by atoms with van der Waals surface area (Å²) in [7, 11) is -3.92. The maximum absolute atomic E-state index is 12.6. The second-order valence-electron chi connectivity index (χ2n) is 6.21. The fourth-order valence-corrected chi connectivity index (χ4v) is 4.19. The van der Waals surface area contributed by atoms with Crippen molar-refractivity contribution in [3.05, 3.63) is 59.9 Å². The molecular weight excluding hydrogens is 368 g/mol. The molecule has 0 atom stereocenters. The molecule has 0 radical (unpaired) electrons. The van der Waals surface area contributed by atoms with Crippen molar-refractivity contribution >= 4 is 21.7 Å². The molecule has 9 heteroatoms. The second kappa shape index (κ2) is 6.51. The minimum atomic E-state index is -3.92. The number of benzene rings is 2. The van der Waals surface area contributed by atoms with Crippen LogP contribution in [0.25, 0.3) is 11.4 Å². The minimum Gasteiger partial charge on any atom is -0.478 e. The van der Waals surface area contributed by atoms with Crippen molar-refractivity contribution in [2.45, 2.75) is 24.3 Å². The third-order valence-corrected chi connectivity index (χ3v) is 5.75. The average Bonchev–Trinajstić information content (AvgIpc) is 3.25. The van der Waals surface area contributed by atoms with E-state index in [4.69, 9.17) is 5.11 Å². The Labute approximate surface area is 155 Å². The molecule has 2 N–H and O–H groups in total. The maximum atomic E-state index is 12.6. The Hall–Kier alpha value is -3.20. The number of aryl methyl sites for hydroxylation is 1. The Bertz CT molecular complexity index is 1140. The van der Waals surface area contributed by atoms with Gasteiger partial charge in [-0.15, -0.1) is 10.2 Å². The van der Waals surface area contributed by atoms with Gasteiger partial charge < -0.3 is 9.67 Å². The molecule has 0 amide bonds. The smallest absolute Gasteiger partial charge is 0.335 e. The third kappa shape index (κ3) is 3.28. The first-order chi connectivity index (χ1) is 12.9. The summed E-state index contributed by atoms with van der Waals surface area (Å²) in [5, 5.41) is 17.4. The first kappa shape index (κ1) is 17.2. The molecule has 4 rings (SSSR count). The van der Waals surface area contributed by atoms with E-state index in [2.05, 4.69) is 14.9 Å². The van der Waals surface area contributed by atoms with E-state index in [1.54, 1.807) is 18.2 Å². The van der Waals surface area contributed by atoms with Crippen LogP contribution in [0.5, 0.6) is 0 Å². The van der Waals surface area contributed by atoms with E-state index in [-0.39, 0.29) is 10.5 Å². The zero-order chi connectivity index (χ0) is 19.0. The van der Waals surface area contributed by atoms with Crippen LogP contribution < -0.4 is 4.72 Å². The molecule has 0 unspecified atom stereocenters. The number of aromatic carboxylic acids is 1. The third-order valence-electron chi connectivity index (χ3n) is 4.37. The highest BCUT2D eigenvalue weighted by molar-refractivity contribution is 7.92. The van der Waals surface area contributed by atoms with Gasteiger partial charge in [0.25, 0.3) is 10.0 Å². The van der Waals surface area contributed by atoms with Gasteiger partial charge in [0.2, 0.25) is 0 Å². The highest BCUT2D eigenvalue weighted by Gasteiger charge is 2.20. The largest absolute Gasteiger partial charge is 0.478 e. The van der Waals surface area contributed by atoms with E-state index in [0.29, 0.717) is 11.5 Å². The van der Waals surface area contributed by atoms with E-state index in [0.717, 1.165) is 36.8 Å². The predicted molar refractivity (Wildman–Crippen MR) is 98.0 cm³/mol. The summed E-state index contributed by atoms with van der Waals surface area (Å²) in [6.07, 6.45) is 1.91. The Morgan fingerprint density at radius 3 is 2.74 bits per heavy atom. The van der Waals surface area contributed by atoms with Gasteiger partial charge in [-0.1, -0.05) is 18.2 Å². The molecule has 3 aromatic rings. The summed E-state index contributed by atoms with van der Waals surface area (Å²) in [6, 6.07) is 12.1. The summed E-state index contributed by atoms with van der Waals surface area (Å²) in [5.74, 6) is 0.451. The Morgan fingerprint density at radius 1 is 1.11 bits per heavy atom. The van der Waals surface area contributed by atoms with Crippen LogP contribution >= 0.6 is 0 Å². The number of fused-ring (bicyclic) bond motifs is 1. The van der Waals surface area contributed by atoms with Gasteiger partial charge in [-0.05, 0) is 36.8 Å². The van der Waals surface area contributed by atoms with E-state index >= 15 is 0 Å². The highest BCUT2D eigenvalue weighted by Crippen LogP contribution is 2.26. The Balaban J connectivity index is 1.65. The Morgan fingerprint density at radius 2 is 1.93 bits per heavy atom. The molecule has 0 saturated carbocycles. The minimum absolute atomic E-state index is 0.0920. The van der Waals surface area contributed by atoms with E-state index in [1.165, 1.54) is 18.2 Å². The monoisotopic (exact) mass is 384 g/mol. The van der Waals surface area contributed by atoms with Crippen LogP contribution in [0.2, 0.25) is 0 Å². The number of hydrogen-bond acceptors (Lipinski definition) is 5. The van der Waals surface area contributed by atoms with E-state index in [1.807, 2.05) is 10.6 Å². The van der Waals surface area contributed by atoms with Gasteiger partial charge in [0, 0.05) is 24.2 Å². The molecule has 0 saturated heterocycles. The van der Waals surface area contributed by atoms with Gasteiger partial charge in [-0.3, -0.25) is 4.72 Å². The van der Waals surface area contributed by atoms with Gasteiger partial charge in [-0.25, -0.2) is 13.2 Å². The van der Waals surface area contributed by atoms with Crippen LogP contribution in [0.3, 0.4) is 0 Å². The number of aromatic nitrogens is 3. The molecule has 2 heterocycles. The molecule has 2 aromatic carbocycles. The lowest BCUT2D eigenvalue weighted by Gasteiger charge is -2.10. The van der Waals surface area contributed by atoms with Crippen molar-refractivity contribution in [3.8, 4) is 11.4 Å². The van der Waals surface area contributed by atoms with Crippen molar-refractivity contribution in [1.29, 1.82) is 0 Å². The van der Waals surface area contributed by atoms with Gasteiger partial charge in [0.05, 0.1) is 10.5 Å². The lowest BCUT2D eigenvalue weighted by molar-refractivity contribution is 0.0696. The number of carboxylic acids is 1. The van der Waals surface area contributed by atoms with Crippen LogP contribution in [0.4, 0.5) is 5.69 Å². The number of nitrogens with one attached hydrogen (secondary N) is 1. The van der Waals surface area contributed by atoms with Crippen molar-refractivity contribution in [1.82, 2.24) is 14.8 Å². The van der Waals surface area contributed by atoms with Crippen LogP contribution in [0.15, 0.2) is 53.4 Å². The molecule has 8 nitrogen and oxygen atoms in total. The number of rotatable bonds is 5. The number of anilines is 1. The number of nitrogens with zero attached hydrogens (tertiary/aromatic N) is 3. The normalized spacial score (nSPS) is 13.3. The summed E-state index contributed by atoms with van der Waals surface area (Å²) in [5.41, 5.74) is 1.03. The molecular formula is C18H16N4O4S. The molecule has 27 heavy (non-hydrogen) atoms. The fraction of sp³-hybridized carbons (Fsp3) is 0.167. The summed E-state index contributed by atoms with van der Waals surface area (Å²) in [6.45, 7) is 0.843. The fourth-order valence-electron chi connectivity index (χ4n) is 3.10. The summed E-state index contributed by atoms with van der Waals surface area (Å²) < 4.78 is 29.8. The lowest BCUT2D eigenvalue weighted by atomic mass is 10.2. The molecule has 0 fully saturated rings. The second-order valence-corrected chi connectivity index (χ2v) is 7.90. The zero-order valence-corrected chi connectivity index (χ0v) is 15.0. The molecule has 1 aromatic heterocycles. The van der Waals surface area contributed by atoms with Gasteiger partial charge in [0.1, 0.15) is 5.82 Å². The van der Waals surface area contributed by atoms with Crippen molar-refractivity contribution < 1.29 is 18.3 Å². The van der Waals surface area contributed by atoms with Crippen molar-refractivity contribution in [2.24, 2.45) is 0 Å². The molecule has 138 valence electrons. The van der Waals surface area contributed by atoms with Crippen LogP contribution in [-0.2, 0) is 23.0 Å².